The number of hydrogen-bond acceptors (Lipinski definition) is 4. The molecule has 2 aromatic rings. The van der Waals surface area contributed by atoms with Crippen molar-refractivity contribution in [1.29, 1.82) is 0 Å². The van der Waals surface area contributed by atoms with Crippen molar-refractivity contribution in [3.63, 3.8) is 0 Å². The van der Waals surface area contributed by atoms with Crippen LogP contribution in [0.2, 0.25) is 0 Å². The minimum atomic E-state index is -0.470. The van der Waals surface area contributed by atoms with Crippen LogP contribution in [0.25, 0.3) is 0 Å². The maximum absolute atomic E-state index is 12.3. The Bertz CT molecular complexity index is 810. The van der Waals surface area contributed by atoms with E-state index in [0.29, 0.717) is 22.4 Å². The number of esters is 1. The lowest BCUT2D eigenvalue weighted by Crippen LogP contribution is -2.25. The summed E-state index contributed by atoms with van der Waals surface area (Å²) in [7, 11) is 1.30. The van der Waals surface area contributed by atoms with Gasteiger partial charge in [-0.1, -0.05) is 6.07 Å². The van der Waals surface area contributed by atoms with E-state index in [1.165, 1.54) is 7.11 Å². The lowest BCUT2D eigenvalue weighted by atomic mass is 10.1. The minimum absolute atomic E-state index is 0.125. The van der Waals surface area contributed by atoms with Crippen molar-refractivity contribution in [3.05, 3.63) is 65.2 Å². The normalized spacial score (nSPS) is 13.0. The van der Waals surface area contributed by atoms with Gasteiger partial charge in [0.15, 0.2) is 0 Å². The van der Waals surface area contributed by atoms with E-state index < -0.39 is 5.97 Å². The molecule has 1 fully saturated rings. The topological polar surface area (TPSA) is 84.5 Å². The first-order chi connectivity index (χ1) is 12.1. The molecule has 0 radical (unpaired) electrons. The van der Waals surface area contributed by atoms with Gasteiger partial charge in [-0.25, -0.2) is 4.79 Å². The minimum Gasteiger partial charge on any atom is -0.465 e. The van der Waals surface area contributed by atoms with Crippen molar-refractivity contribution >= 4 is 23.5 Å². The second kappa shape index (κ2) is 7.17. The molecule has 6 heteroatoms. The van der Waals surface area contributed by atoms with Crippen molar-refractivity contribution in [1.82, 2.24) is 5.32 Å². The first-order valence-electron chi connectivity index (χ1n) is 7.97. The molecule has 0 heterocycles. The van der Waals surface area contributed by atoms with E-state index in [9.17, 15) is 14.4 Å². The zero-order valence-corrected chi connectivity index (χ0v) is 13.7. The fourth-order valence-electron chi connectivity index (χ4n) is 2.31. The van der Waals surface area contributed by atoms with Crippen molar-refractivity contribution < 1.29 is 19.1 Å². The van der Waals surface area contributed by atoms with Gasteiger partial charge in [0.1, 0.15) is 0 Å². The van der Waals surface area contributed by atoms with Crippen LogP contribution < -0.4 is 10.6 Å². The smallest absolute Gasteiger partial charge is 0.337 e. The highest BCUT2D eigenvalue weighted by Crippen LogP contribution is 2.19. The van der Waals surface area contributed by atoms with Gasteiger partial charge in [0.25, 0.3) is 11.8 Å². The van der Waals surface area contributed by atoms with Gasteiger partial charge in [0, 0.05) is 22.9 Å². The number of hydrogen-bond donors (Lipinski definition) is 2. The van der Waals surface area contributed by atoms with Gasteiger partial charge in [-0.15, -0.1) is 0 Å². The van der Waals surface area contributed by atoms with Crippen molar-refractivity contribution in [2.75, 3.05) is 12.4 Å². The molecule has 2 amide bonds. The second-order valence-electron chi connectivity index (χ2n) is 5.85. The largest absolute Gasteiger partial charge is 0.465 e. The SMILES string of the molecule is COC(=O)c1cccc(NC(=O)c2ccc(C(=O)NC3CC3)cc2)c1. The van der Waals surface area contributed by atoms with Crippen molar-refractivity contribution in [3.8, 4) is 0 Å². The van der Waals surface area contributed by atoms with Crippen LogP contribution in [0.5, 0.6) is 0 Å². The molecule has 0 atom stereocenters. The fraction of sp³-hybridized carbons (Fsp3) is 0.211. The lowest BCUT2D eigenvalue weighted by Gasteiger charge is -2.08. The number of ether oxygens (including phenoxy) is 1. The Morgan fingerprint density at radius 1 is 0.920 bits per heavy atom. The Morgan fingerprint density at radius 3 is 2.16 bits per heavy atom. The molecule has 2 aromatic carbocycles. The summed E-state index contributed by atoms with van der Waals surface area (Å²) in [5.74, 6) is -0.918. The maximum atomic E-state index is 12.3. The Labute approximate surface area is 145 Å². The number of carbonyl (C=O) groups excluding carboxylic acids is 3. The molecule has 0 bridgehead atoms. The molecule has 0 aromatic heterocycles. The number of amides is 2. The van der Waals surface area contributed by atoms with E-state index in [2.05, 4.69) is 15.4 Å². The summed E-state index contributed by atoms with van der Waals surface area (Å²) in [6.45, 7) is 0. The molecule has 1 saturated carbocycles. The molecule has 6 nitrogen and oxygen atoms in total. The molecule has 0 spiro atoms. The van der Waals surface area contributed by atoms with Crippen LogP contribution in [0.1, 0.15) is 43.9 Å². The number of benzene rings is 2. The number of rotatable bonds is 5. The standard InChI is InChI=1S/C19H18N2O4/c1-25-19(24)14-3-2-4-16(11-14)21-18(23)13-7-5-12(6-8-13)17(22)20-15-9-10-15/h2-8,11,15H,9-10H2,1H3,(H,20,22)(H,21,23). The van der Waals surface area contributed by atoms with E-state index in [4.69, 9.17) is 0 Å². The molecule has 2 N–H and O–H groups in total. The van der Waals surface area contributed by atoms with Crippen molar-refractivity contribution in [2.24, 2.45) is 0 Å². The molecule has 0 unspecified atom stereocenters. The van der Waals surface area contributed by atoms with Gasteiger partial charge in [0.05, 0.1) is 12.7 Å². The zero-order chi connectivity index (χ0) is 17.8. The first kappa shape index (κ1) is 16.7. The van der Waals surface area contributed by atoms with Gasteiger partial charge in [-0.05, 0) is 55.3 Å². The number of nitrogens with one attached hydrogen (secondary N) is 2. The summed E-state index contributed by atoms with van der Waals surface area (Å²) in [4.78, 5) is 35.8. The van der Waals surface area contributed by atoms with Gasteiger partial charge in [-0.2, -0.15) is 0 Å². The molecular formula is C19H18N2O4. The van der Waals surface area contributed by atoms with Crippen LogP contribution in [0.15, 0.2) is 48.5 Å². The van der Waals surface area contributed by atoms with Gasteiger partial charge >= 0.3 is 5.97 Å². The Kier molecular flexibility index (Phi) is 4.79. The number of carbonyl (C=O) groups is 3. The van der Waals surface area contributed by atoms with Crippen LogP contribution in [-0.4, -0.2) is 30.9 Å². The summed E-state index contributed by atoms with van der Waals surface area (Å²) in [6.07, 6.45) is 2.05. The monoisotopic (exact) mass is 338 g/mol. The highest BCUT2D eigenvalue weighted by Gasteiger charge is 2.23. The maximum Gasteiger partial charge on any atom is 0.337 e. The second-order valence-corrected chi connectivity index (χ2v) is 5.85. The predicted octanol–water partition coefficient (Wildman–Crippen LogP) is 2.62. The third-order valence-electron chi connectivity index (χ3n) is 3.86. The Balaban J connectivity index is 1.66. The number of methoxy groups -OCH3 is 1. The summed E-state index contributed by atoms with van der Waals surface area (Å²) in [6, 6.07) is 13.2. The average molecular weight is 338 g/mol. The van der Waals surface area contributed by atoms with E-state index >= 15 is 0 Å². The lowest BCUT2D eigenvalue weighted by molar-refractivity contribution is 0.0600. The van der Waals surface area contributed by atoms with Crippen LogP contribution >= 0.6 is 0 Å². The highest BCUT2D eigenvalue weighted by molar-refractivity contribution is 6.05. The summed E-state index contributed by atoms with van der Waals surface area (Å²) in [5.41, 5.74) is 1.79. The van der Waals surface area contributed by atoms with Gasteiger partial charge in [0.2, 0.25) is 0 Å². The fourth-order valence-corrected chi connectivity index (χ4v) is 2.31. The van der Waals surface area contributed by atoms with E-state index in [-0.39, 0.29) is 17.9 Å². The van der Waals surface area contributed by atoms with E-state index in [1.807, 2.05) is 0 Å². The first-order valence-corrected chi connectivity index (χ1v) is 7.97. The summed E-state index contributed by atoms with van der Waals surface area (Å²) in [5, 5.41) is 5.62. The molecule has 3 rings (SSSR count). The molecule has 128 valence electrons. The third kappa shape index (κ3) is 4.23. The quantitative estimate of drug-likeness (QED) is 0.821. The summed E-state index contributed by atoms with van der Waals surface area (Å²) >= 11 is 0. The van der Waals surface area contributed by atoms with Crippen LogP contribution in [0.3, 0.4) is 0 Å². The molecule has 0 saturated heterocycles. The Morgan fingerprint density at radius 2 is 1.56 bits per heavy atom. The van der Waals surface area contributed by atoms with E-state index in [1.54, 1.807) is 48.5 Å². The van der Waals surface area contributed by atoms with E-state index in [0.717, 1.165) is 12.8 Å². The highest BCUT2D eigenvalue weighted by atomic mass is 16.5. The average Bonchev–Trinajstić information content (AvgIpc) is 3.45. The van der Waals surface area contributed by atoms with Gasteiger partial charge in [-0.3, -0.25) is 9.59 Å². The molecule has 1 aliphatic carbocycles. The number of anilines is 1. The zero-order valence-electron chi connectivity index (χ0n) is 13.7. The molecule has 1 aliphatic rings. The molecule has 0 aliphatic heterocycles. The van der Waals surface area contributed by atoms with Gasteiger partial charge < -0.3 is 15.4 Å². The third-order valence-corrected chi connectivity index (χ3v) is 3.86. The molecule has 25 heavy (non-hydrogen) atoms. The molecular weight excluding hydrogens is 320 g/mol. The Hall–Kier alpha value is -3.15. The van der Waals surface area contributed by atoms with Crippen LogP contribution in [0.4, 0.5) is 5.69 Å². The summed E-state index contributed by atoms with van der Waals surface area (Å²) < 4.78 is 4.66. The van der Waals surface area contributed by atoms with Crippen LogP contribution in [-0.2, 0) is 4.74 Å². The van der Waals surface area contributed by atoms with Crippen molar-refractivity contribution in [2.45, 2.75) is 18.9 Å². The van der Waals surface area contributed by atoms with Crippen LogP contribution in [0, 0.1) is 0 Å². The predicted molar refractivity (Wildman–Crippen MR) is 92.7 cm³/mol.